The fraction of sp³-hybridized carbons (Fsp3) is 0.300. The van der Waals surface area contributed by atoms with Crippen LogP contribution in [0.15, 0.2) is 24.3 Å². The van der Waals surface area contributed by atoms with Crippen LogP contribution in [0.2, 0.25) is 0 Å². The van der Waals surface area contributed by atoms with Crippen molar-refractivity contribution in [3.8, 4) is 0 Å². The number of nitrogens with one attached hydrogen (secondary N) is 1. The summed E-state index contributed by atoms with van der Waals surface area (Å²) in [6, 6.07) is 8.05. The second-order valence-corrected chi connectivity index (χ2v) is 4.53. The van der Waals surface area contributed by atoms with Crippen molar-refractivity contribution < 1.29 is 9.53 Å². The Morgan fingerprint density at radius 2 is 2.00 bits per heavy atom. The summed E-state index contributed by atoms with van der Waals surface area (Å²) in [4.78, 5) is 11.0. The Hall–Kier alpha value is -0.780. The van der Waals surface area contributed by atoms with Gasteiger partial charge >= 0.3 is 6.09 Å². The number of carbonyl (C=O) groups is 1. The third kappa shape index (κ3) is 1.84. The molecule has 2 unspecified atom stereocenters. The van der Waals surface area contributed by atoms with Gasteiger partial charge in [-0.1, -0.05) is 12.1 Å². The molecule has 2 atom stereocenters. The number of alkyl carbamates (subject to hydrolysis) is 1. The number of hydrogen-bond donors (Lipinski definition) is 1. The fourth-order valence-corrected chi connectivity index (χ4v) is 1.90. The van der Waals surface area contributed by atoms with Crippen molar-refractivity contribution in [2.45, 2.75) is 19.1 Å². The lowest BCUT2D eigenvalue weighted by Gasteiger charge is -2.12. The van der Waals surface area contributed by atoms with Gasteiger partial charge in [0.25, 0.3) is 0 Å². The van der Waals surface area contributed by atoms with Crippen molar-refractivity contribution in [3.05, 3.63) is 33.4 Å². The molecule has 1 heterocycles. The summed E-state index contributed by atoms with van der Waals surface area (Å²) in [5.41, 5.74) is 1.09. The predicted molar refractivity (Wildman–Crippen MR) is 61.0 cm³/mol. The number of hydrogen-bond acceptors (Lipinski definition) is 2. The van der Waals surface area contributed by atoms with Crippen LogP contribution in [-0.2, 0) is 4.74 Å². The number of halogens is 1. The minimum atomic E-state index is -0.332. The Morgan fingerprint density at radius 1 is 1.36 bits per heavy atom. The van der Waals surface area contributed by atoms with Crippen molar-refractivity contribution in [1.82, 2.24) is 5.32 Å². The van der Waals surface area contributed by atoms with Gasteiger partial charge in [-0.3, -0.25) is 0 Å². The number of carbonyl (C=O) groups excluding carboxylic acids is 1. The molecule has 0 aromatic heterocycles. The smallest absolute Gasteiger partial charge is 0.408 e. The first kappa shape index (κ1) is 9.76. The summed E-state index contributed by atoms with van der Waals surface area (Å²) < 4.78 is 6.19. The number of cyclic esters (lactones) is 1. The molecule has 1 fully saturated rings. The van der Waals surface area contributed by atoms with Crippen molar-refractivity contribution in [3.63, 3.8) is 0 Å². The molecule has 0 saturated carbocycles. The van der Waals surface area contributed by atoms with Gasteiger partial charge in [-0.2, -0.15) is 0 Å². The van der Waals surface area contributed by atoms with Crippen LogP contribution in [-0.4, -0.2) is 12.2 Å². The van der Waals surface area contributed by atoms with E-state index in [1.807, 2.05) is 31.2 Å². The SMILES string of the molecule is CC1OC(=O)NC1c1ccc(I)cc1. The highest BCUT2D eigenvalue weighted by Crippen LogP contribution is 2.24. The van der Waals surface area contributed by atoms with E-state index >= 15 is 0 Å². The minimum absolute atomic E-state index is 0.0144. The van der Waals surface area contributed by atoms with Crippen LogP contribution in [0.5, 0.6) is 0 Å². The summed E-state index contributed by atoms with van der Waals surface area (Å²) in [6.45, 7) is 1.89. The molecule has 1 N–H and O–H groups in total. The van der Waals surface area contributed by atoms with Gasteiger partial charge in [-0.15, -0.1) is 0 Å². The van der Waals surface area contributed by atoms with Gasteiger partial charge in [0.1, 0.15) is 6.10 Å². The first-order valence-electron chi connectivity index (χ1n) is 4.39. The maximum atomic E-state index is 11.0. The zero-order valence-corrected chi connectivity index (χ0v) is 9.82. The van der Waals surface area contributed by atoms with E-state index in [4.69, 9.17) is 4.74 Å². The fourth-order valence-electron chi connectivity index (χ4n) is 1.54. The zero-order valence-electron chi connectivity index (χ0n) is 7.66. The Balaban J connectivity index is 2.23. The lowest BCUT2D eigenvalue weighted by atomic mass is 10.0. The van der Waals surface area contributed by atoms with Crippen LogP contribution < -0.4 is 5.32 Å². The molecule has 74 valence electrons. The number of rotatable bonds is 1. The average molecular weight is 303 g/mol. The van der Waals surface area contributed by atoms with E-state index in [0.29, 0.717) is 0 Å². The molecule has 2 rings (SSSR count). The predicted octanol–water partition coefficient (Wildman–Crippen LogP) is 2.46. The highest BCUT2D eigenvalue weighted by molar-refractivity contribution is 14.1. The third-order valence-electron chi connectivity index (χ3n) is 2.26. The minimum Gasteiger partial charge on any atom is -0.444 e. The van der Waals surface area contributed by atoms with Crippen LogP contribution in [0.3, 0.4) is 0 Å². The maximum absolute atomic E-state index is 11.0. The standard InChI is InChI=1S/C10H10INO2/c1-6-9(12-10(13)14-6)7-2-4-8(11)5-3-7/h2-6,9H,1H3,(H,12,13). The van der Waals surface area contributed by atoms with Gasteiger partial charge in [-0.05, 0) is 47.2 Å². The van der Waals surface area contributed by atoms with Crippen LogP contribution >= 0.6 is 22.6 Å². The quantitative estimate of drug-likeness (QED) is 0.809. The van der Waals surface area contributed by atoms with E-state index in [-0.39, 0.29) is 18.2 Å². The van der Waals surface area contributed by atoms with E-state index in [1.165, 1.54) is 3.57 Å². The molecule has 1 aliphatic rings. The molecule has 1 aromatic rings. The Kier molecular flexibility index (Phi) is 2.62. The zero-order chi connectivity index (χ0) is 10.1. The molecular formula is C10H10INO2. The average Bonchev–Trinajstić information content (AvgIpc) is 2.47. The van der Waals surface area contributed by atoms with Crippen LogP contribution in [0, 0.1) is 3.57 Å². The van der Waals surface area contributed by atoms with E-state index in [9.17, 15) is 4.79 Å². The Bertz CT molecular complexity index is 350. The first-order valence-corrected chi connectivity index (χ1v) is 5.47. The summed E-state index contributed by atoms with van der Waals surface area (Å²) in [6.07, 6.45) is -0.427. The topological polar surface area (TPSA) is 38.3 Å². The highest BCUT2D eigenvalue weighted by atomic mass is 127. The third-order valence-corrected chi connectivity index (χ3v) is 2.98. The Morgan fingerprint density at radius 3 is 2.50 bits per heavy atom. The normalized spacial score (nSPS) is 25.7. The molecule has 1 aliphatic heterocycles. The van der Waals surface area contributed by atoms with E-state index in [2.05, 4.69) is 27.9 Å². The van der Waals surface area contributed by atoms with Gasteiger partial charge in [0.05, 0.1) is 6.04 Å². The Labute approximate surface area is 96.0 Å². The van der Waals surface area contributed by atoms with Crippen molar-refractivity contribution in [2.75, 3.05) is 0 Å². The monoisotopic (exact) mass is 303 g/mol. The molecule has 0 spiro atoms. The van der Waals surface area contributed by atoms with Gasteiger partial charge in [0.2, 0.25) is 0 Å². The summed E-state index contributed by atoms with van der Waals surface area (Å²) in [7, 11) is 0. The second kappa shape index (κ2) is 3.76. The lowest BCUT2D eigenvalue weighted by molar-refractivity contribution is 0.141. The van der Waals surface area contributed by atoms with Gasteiger partial charge in [0.15, 0.2) is 0 Å². The molecular weight excluding hydrogens is 293 g/mol. The molecule has 1 saturated heterocycles. The number of amides is 1. The van der Waals surface area contributed by atoms with Crippen molar-refractivity contribution >= 4 is 28.7 Å². The highest BCUT2D eigenvalue weighted by Gasteiger charge is 2.31. The van der Waals surface area contributed by atoms with Gasteiger partial charge in [0, 0.05) is 3.57 Å². The second-order valence-electron chi connectivity index (χ2n) is 3.28. The molecule has 4 heteroatoms. The molecule has 1 amide bonds. The van der Waals surface area contributed by atoms with Crippen LogP contribution in [0.1, 0.15) is 18.5 Å². The molecule has 0 bridgehead atoms. The molecule has 14 heavy (non-hydrogen) atoms. The van der Waals surface area contributed by atoms with Crippen molar-refractivity contribution in [2.24, 2.45) is 0 Å². The lowest BCUT2D eigenvalue weighted by Crippen LogP contribution is -2.20. The number of benzene rings is 1. The molecule has 0 radical (unpaired) electrons. The van der Waals surface area contributed by atoms with Gasteiger partial charge < -0.3 is 10.1 Å². The molecule has 3 nitrogen and oxygen atoms in total. The van der Waals surface area contributed by atoms with Crippen LogP contribution in [0.4, 0.5) is 4.79 Å². The van der Waals surface area contributed by atoms with E-state index < -0.39 is 0 Å². The summed E-state index contributed by atoms with van der Waals surface area (Å²) in [5.74, 6) is 0. The molecule has 1 aromatic carbocycles. The number of ether oxygens (including phenoxy) is 1. The summed E-state index contributed by atoms with van der Waals surface area (Å²) in [5, 5.41) is 2.78. The van der Waals surface area contributed by atoms with Gasteiger partial charge in [-0.25, -0.2) is 4.79 Å². The first-order chi connectivity index (χ1) is 6.66. The summed E-state index contributed by atoms with van der Waals surface area (Å²) >= 11 is 2.25. The van der Waals surface area contributed by atoms with E-state index in [1.54, 1.807) is 0 Å². The van der Waals surface area contributed by atoms with E-state index in [0.717, 1.165) is 5.56 Å². The molecule has 0 aliphatic carbocycles. The maximum Gasteiger partial charge on any atom is 0.408 e. The van der Waals surface area contributed by atoms with Crippen LogP contribution in [0.25, 0.3) is 0 Å². The largest absolute Gasteiger partial charge is 0.444 e. The van der Waals surface area contributed by atoms with Crippen molar-refractivity contribution in [1.29, 1.82) is 0 Å².